The zero-order chi connectivity index (χ0) is 19.2. The molecule has 3 rings (SSSR count). The summed E-state index contributed by atoms with van der Waals surface area (Å²) in [6.45, 7) is 1.94. The zero-order valence-corrected chi connectivity index (χ0v) is 15.0. The van der Waals surface area contributed by atoms with Gasteiger partial charge in [0.05, 0.1) is 24.6 Å². The van der Waals surface area contributed by atoms with Crippen molar-refractivity contribution < 1.29 is 14.3 Å². The maximum absolute atomic E-state index is 12.3. The minimum absolute atomic E-state index is 0.181. The fraction of sp³-hybridized carbons (Fsp3) is 0.0952. The van der Waals surface area contributed by atoms with Crippen molar-refractivity contribution in [1.82, 2.24) is 4.98 Å². The van der Waals surface area contributed by atoms with Gasteiger partial charge in [0.15, 0.2) is 0 Å². The Kier molecular flexibility index (Phi) is 5.47. The van der Waals surface area contributed by atoms with Gasteiger partial charge >= 0.3 is 5.97 Å². The molecule has 1 heterocycles. The van der Waals surface area contributed by atoms with E-state index in [4.69, 9.17) is 0 Å². The molecule has 0 spiro atoms. The highest BCUT2D eigenvalue weighted by molar-refractivity contribution is 6.04. The predicted molar refractivity (Wildman–Crippen MR) is 104 cm³/mol. The van der Waals surface area contributed by atoms with Gasteiger partial charge in [-0.1, -0.05) is 17.7 Å². The Morgan fingerprint density at radius 1 is 0.926 bits per heavy atom. The minimum Gasteiger partial charge on any atom is -0.465 e. The first-order valence-corrected chi connectivity index (χ1v) is 8.34. The molecule has 0 radical (unpaired) electrons. The van der Waals surface area contributed by atoms with Crippen LogP contribution in [0.15, 0.2) is 66.9 Å². The number of hydrogen-bond donors (Lipinski definition) is 2. The third-order valence-corrected chi connectivity index (χ3v) is 3.88. The number of anilines is 3. The number of methoxy groups -OCH3 is 1. The summed E-state index contributed by atoms with van der Waals surface area (Å²) in [5, 5.41) is 5.95. The Bertz CT molecular complexity index is 951. The van der Waals surface area contributed by atoms with E-state index in [0.29, 0.717) is 22.6 Å². The molecule has 2 aromatic carbocycles. The highest BCUT2D eigenvalue weighted by Gasteiger charge is 2.07. The molecule has 6 heteroatoms. The van der Waals surface area contributed by atoms with E-state index in [-0.39, 0.29) is 11.9 Å². The summed E-state index contributed by atoms with van der Waals surface area (Å²) in [6, 6.07) is 17.8. The molecule has 0 atom stereocenters. The second kappa shape index (κ2) is 8.14. The van der Waals surface area contributed by atoms with Crippen LogP contribution in [0.5, 0.6) is 0 Å². The lowest BCUT2D eigenvalue weighted by Crippen LogP contribution is -2.12. The second-order valence-corrected chi connectivity index (χ2v) is 5.95. The Labute approximate surface area is 157 Å². The topological polar surface area (TPSA) is 80.3 Å². The number of ether oxygens (including phenoxy) is 1. The van der Waals surface area contributed by atoms with Crippen LogP contribution in [0.25, 0.3) is 0 Å². The molecule has 0 fully saturated rings. The highest BCUT2D eigenvalue weighted by Crippen LogP contribution is 2.18. The Morgan fingerprint density at radius 3 is 2.30 bits per heavy atom. The lowest BCUT2D eigenvalue weighted by Gasteiger charge is -2.09. The number of hydrogen-bond acceptors (Lipinski definition) is 5. The zero-order valence-electron chi connectivity index (χ0n) is 15.0. The van der Waals surface area contributed by atoms with E-state index in [0.717, 1.165) is 11.3 Å². The van der Waals surface area contributed by atoms with Gasteiger partial charge in [0.2, 0.25) is 0 Å². The molecule has 1 aromatic heterocycles. The quantitative estimate of drug-likeness (QED) is 0.667. The van der Waals surface area contributed by atoms with Crippen molar-refractivity contribution in [2.75, 3.05) is 17.7 Å². The van der Waals surface area contributed by atoms with Crippen LogP contribution in [0.3, 0.4) is 0 Å². The number of benzene rings is 2. The van der Waals surface area contributed by atoms with Crippen molar-refractivity contribution in [3.63, 3.8) is 0 Å². The molecule has 0 aliphatic heterocycles. The van der Waals surface area contributed by atoms with Crippen molar-refractivity contribution in [3.8, 4) is 0 Å². The van der Waals surface area contributed by atoms with Crippen molar-refractivity contribution >= 4 is 29.1 Å². The largest absolute Gasteiger partial charge is 0.465 e. The monoisotopic (exact) mass is 361 g/mol. The van der Waals surface area contributed by atoms with Gasteiger partial charge in [-0.2, -0.15) is 0 Å². The fourth-order valence-electron chi connectivity index (χ4n) is 2.49. The molecule has 0 bridgehead atoms. The SMILES string of the molecule is COC(=O)c1ccc(Nc2ccc(NC(=O)c3cccc(C)c3)cn2)cc1. The van der Waals surface area contributed by atoms with E-state index >= 15 is 0 Å². The summed E-state index contributed by atoms with van der Waals surface area (Å²) in [7, 11) is 1.34. The van der Waals surface area contributed by atoms with Crippen molar-refractivity contribution in [2.24, 2.45) is 0 Å². The molecule has 0 saturated heterocycles. The van der Waals surface area contributed by atoms with E-state index in [9.17, 15) is 9.59 Å². The van der Waals surface area contributed by atoms with Crippen LogP contribution in [-0.4, -0.2) is 24.0 Å². The first-order valence-electron chi connectivity index (χ1n) is 8.34. The lowest BCUT2D eigenvalue weighted by molar-refractivity contribution is 0.0600. The van der Waals surface area contributed by atoms with Crippen LogP contribution in [-0.2, 0) is 4.74 Å². The van der Waals surface area contributed by atoms with Gasteiger partial charge in [-0.25, -0.2) is 9.78 Å². The average Bonchev–Trinajstić information content (AvgIpc) is 2.69. The van der Waals surface area contributed by atoms with Crippen molar-refractivity contribution in [2.45, 2.75) is 6.92 Å². The summed E-state index contributed by atoms with van der Waals surface area (Å²) in [5.74, 6) is 0.0577. The number of pyridine rings is 1. The second-order valence-electron chi connectivity index (χ2n) is 5.95. The van der Waals surface area contributed by atoms with Crippen LogP contribution in [0.4, 0.5) is 17.2 Å². The molecular formula is C21H19N3O3. The number of carbonyl (C=O) groups excluding carboxylic acids is 2. The summed E-state index contributed by atoms with van der Waals surface area (Å²) >= 11 is 0. The third-order valence-electron chi connectivity index (χ3n) is 3.88. The molecule has 0 saturated carbocycles. The van der Waals surface area contributed by atoms with Crippen LogP contribution in [0.1, 0.15) is 26.3 Å². The maximum Gasteiger partial charge on any atom is 0.337 e. The number of nitrogens with one attached hydrogen (secondary N) is 2. The molecule has 0 aliphatic carbocycles. The normalized spacial score (nSPS) is 10.1. The number of esters is 1. The van der Waals surface area contributed by atoms with Crippen LogP contribution in [0, 0.1) is 6.92 Å². The number of carbonyl (C=O) groups is 2. The number of aromatic nitrogens is 1. The Balaban J connectivity index is 1.63. The van der Waals surface area contributed by atoms with E-state index in [2.05, 4.69) is 20.4 Å². The minimum atomic E-state index is -0.381. The predicted octanol–water partition coefficient (Wildman–Crippen LogP) is 4.17. The van der Waals surface area contributed by atoms with Gasteiger partial charge in [-0.05, 0) is 55.5 Å². The molecule has 27 heavy (non-hydrogen) atoms. The summed E-state index contributed by atoms with van der Waals surface area (Å²) in [4.78, 5) is 28.0. The van der Waals surface area contributed by atoms with Crippen LogP contribution in [0.2, 0.25) is 0 Å². The van der Waals surface area contributed by atoms with Gasteiger partial charge in [0.25, 0.3) is 5.91 Å². The summed E-state index contributed by atoms with van der Waals surface area (Å²) < 4.78 is 4.67. The molecule has 3 aromatic rings. The maximum atomic E-state index is 12.3. The average molecular weight is 361 g/mol. The first-order chi connectivity index (χ1) is 13.0. The molecule has 1 amide bonds. The molecule has 0 aliphatic rings. The fourth-order valence-corrected chi connectivity index (χ4v) is 2.49. The van der Waals surface area contributed by atoms with Gasteiger partial charge in [-0.15, -0.1) is 0 Å². The standard InChI is InChI=1S/C21H19N3O3/c1-14-4-3-5-16(12-14)20(25)24-18-10-11-19(22-13-18)23-17-8-6-15(7-9-17)21(26)27-2/h3-13H,1-2H3,(H,22,23)(H,24,25). The van der Waals surface area contributed by atoms with Crippen molar-refractivity contribution in [3.05, 3.63) is 83.6 Å². The smallest absolute Gasteiger partial charge is 0.337 e. The van der Waals surface area contributed by atoms with E-state index in [1.165, 1.54) is 7.11 Å². The van der Waals surface area contributed by atoms with Crippen LogP contribution < -0.4 is 10.6 Å². The summed E-state index contributed by atoms with van der Waals surface area (Å²) in [6.07, 6.45) is 1.58. The van der Waals surface area contributed by atoms with Gasteiger partial charge in [0.1, 0.15) is 5.82 Å². The number of rotatable bonds is 5. The van der Waals surface area contributed by atoms with Gasteiger partial charge in [0, 0.05) is 11.3 Å². The molecule has 2 N–H and O–H groups in total. The first kappa shape index (κ1) is 18.1. The molecule has 6 nitrogen and oxygen atoms in total. The van der Waals surface area contributed by atoms with Gasteiger partial charge < -0.3 is 15.4 Å². The van der Waals surface area contributed by atoms with Crippen LogP contribution >= 0.6 is 0 Å². The summed E-state index contributed by atoms with van der Waals surface area (Å²) in [5.41, 5.74) is 3.49. The number of nitrogens with zero attached hydrogens (tertiary/aromatic N) is 1. The van der Waals surface area contributed by atoms with E-state index < -0.39 is 0 Å². The molecule has 0 unspecified atom stereocenters. The Morgan fingerprint density at radius 2 is 1.67 bits per heavy atom. The van der Waals surface area contributed by atoms with Gasteiger partial charge in [-0.3, -0.25) is 4.79 Å². The molecule has 136 valence electrons. The van der Waals surface area contributed by atoms with E-state index in [1.54, 1.807) is 48.7 Å². The highest BCUT2D eigenvalue weighted by atomic mass is 16.5. The Hall–Kier alpha value is -3.67. The number of aryl methyl sites for hydroxylation is 1. The lowest BCUT2D eigenvalue weighted by atomic mass is 10.1. The molecular weight excluding hydrogens is 342 g/mol. The van der Waals surface area contributed by atoms with Crippen molar-refractivity contribution in [1.29, 1.82) is 0 Å². The van der Waals surface area contributed by atoms with E-state index in [1.807, 2.05) is 25.1 Å². The number of amides is 1. The third kappa shape index (κ3) is 4.70.